The van der Waals surface area contributed by atoms with Gasteiger partial charge in [0.05, 0.1) is 5.51 Å². The second-order valence-electron chi connectivity index (χ2n) is 6.93. The van der Waals surface area contributed by atoms with Gasteiger partial charge in [-0.2, -0.15) is 0 Å². The Labute approximate surface area is 123 Å². The molecule has 19 heavy (non-hydrogen) atoms. The number of hydrogen-bond donors (Lipinski definition) is 1. The molecule has 2 atom stereocenters. The van der Waals surface area contributed by atoms with Gasteiger partial charge in [0.25, 0.3) is 0 Å². The molecule has 0 saturated heterocycles. The minimum absolute atomic E-state index is 0.430. The Bertz CT molecular complexity index is 327. The normalized spacial score (nSPS) is 15.4. The molecule has 0 spiro atoms. The van der Waals surface area contributed by atoms with Crippen LogP contribution in [0.1, 0.15) is 58.8 Å². The van der Waals surface area contributed by atoms with Crippen LogP contribution < -0.4 is 5.32 Å². The molecule has 0 amide bonds. The maximum Gasteiger partial charge on any atom is 0.0794 e. The smallest absolute Gasteiger partial charge is 0.0794 e. The molecule has 0 aliphatic rings. The van der Waals surface area contributed by atoms with Crippen molar-refractivity contribution < 1.29 is 0 Å². The van der Waals surface area contributed by atoms with Crippen molar-refractivity contribution in [2.75, 3.05) is 6.54 Å². The number of thiazole rings is 1. The van der Waals surface area contributed by atoms with Gasteiger partial charge >= 0.3 is 0 Å². The Morgan fingerprint density at radius 3 is 2.63 bits per heavy atom. The van der Waals surface area contributed by atoms with E-state index in [2.05, 4.69) is 44.9 Å². The highest BCUT2D eigenvalue weighted by atomic mass is 32.1. The fraction of sp³-hybridized carbons (Fsp3) is 0.812. The van der Waals surface area contributed by atoms with E-state index in [9.17, 15) is 0 Å². The second kappa shape index (κ2) is 8.01. The van der Waals surface area contributed by atoms with E-state index in [4.69, 9.17) is 0 Å². The third-order valence-electron chi connectivity index (χ3n) is 3.26. The predicted molar refractivity (Wildman–Crippen MR) is 85.8 cm³/mol. The van der Waals surface area contributed by atoms with Gasteiger partial charge < -0.3 is 5.32 Å². The van der Waals surface area contributed by atoms with Crippen LogP contribution in [0.15, 0.2) is 11.7 Å². The van der Waals surface area contributed by atoms with E-state index in [1.807, 2.05) is 11.7 Å². The Morgan fingerprint density at radius 1 is 1.37 bits per heavy atom. The predicted octanol–water partition coefficient (Wildman–Crippen LogP) is 4.52. The first-order valence-corrected chi connectivity index (χ1v) is 8.39. The SMILES string of the molecule is CCCNC(Cc1cncs1)CC(C)CC(C)(C)C. The highest BCUT2D eigenvalue weighted by molar-refractivity contribution is 7.09. The fourth-order valence-electron chi connectivity index (χ4n) is 2.79. The zero-order valence-electron chi connectivity index (χ0n) is 13.2. The molecular weight excluding hydrogens is 252 g/mol. The third kappa shape index (κ3) is 7.68. The van der Waals surface area contributed by atoms with Crippen LogP contribution in [-0.4, -0.2) is 17.6 Å². The van der Waals surface area contributed by atoms with Crippen molar-refractivity contribution in [2.45, 2.75) is 66.3 Å². The van der Waals surface area contributed by atoms with E-state index in [1.165, 1.54) is 24.1 Å². The van der Waals surface area contributed by atoms with E-state index in [0.29, 0.717) is 11.5 Å². The van der Waals surface area contributed by atoms with Gasteiger partial charge in [0.1, 0.15) is 0 Å². The van der Waals surface area contributed by atoms with E-state index in [0.717, 1.165) is 18.9 Å². The van der Waals surface area contributed by atoms with Crippen molar-refractivity contribution >= 4 is 11.3 Å². The molecule has 1 aromatic rings. The molecule has 0 aliphatic heterocycles. The summed E-state index contributed by atoms with van der Waals surface area (Å²) < 4.78 is 0. The van der Waals surface area contributed by atoms with Crippen LogP contribution in [-0.2, 0) is 6.42 Å². The second-order valence-corrected chi connectivity index (χ2v) is 7.90. The average Bonchev–Trinajstić information content (AvgIpc) is 2.75. The van der Waals surface area contributed by atoms with Gasteiger partial charge in [-0.3, -0.25) is 4.98 Å². The molecule has 1 N–H and O–H groups in total. The Morgan fingerprint density at radius 2 is 2.11 bits per heavy atom. The first-order chi connectivity index (χ1) is 8.90. The van der Waals surface area contributed by atoms with E-state index in [1.54, 1.807) is 11.3 Å². The van der Waals surface area contributed by atoms with Crippen LogP contribution in [0.25, 0.3) is 0 Å². The molecular formula is C16H30N2S. The van der Waals surface area contributed by atoms with Gasteiger partial charge in [-0.25, -0.2) is 0 Å². The van der Waals surface area contributed by atoms with Gasteiger partial charge in [-0.15, -0.1) is 11.3 Å². The van der Waals surface area contributed by atoms with E-state index < -0.39 is 0 Å². The number of aromatic nitrogens is 1. The van der Waals surface area contributed by atoms with Crippen LogP contribution in [0.2, 0.25) is 0 Å². The fourth-order valence-corrected chi connectivity index (χ4v) is 3.46. The van der Waals surface area contributed by atoms with Crippen LogP contribution in [0.3, 0.4) is 0 Å². The minimum Gasteiger partial charge on any atom is -0.314 e. The maximum absolute atomic E-state index is 4.18. The molecule has 0 saturated carbocycles. The van der Waals surface area contributed by atoms with E-state index in [-0.39, 0.29) is 0 Å². The number of nitrogens with one attached hydrogen (secondary N) is 1. The molecule has 0 aromatic carbocycles. The van der Waals surface area contributed by atoms with Crippen molar-refractivity contribution in [3.05, 3.63) is 16.6 Å². The molecule has 3 heteroatoms. The molecule has 110 valence electrons. The summed E-state index contributed by atoms with van der Waals surface area (Å²) in [7, 11) is 0. The Hall–Kier alpha value is -0.410. The maximum atomic E-state index is 4.18. The highest BCUT2D eigenvalue weighted by Crippen LogP contribution is 2.27. The first-order valence-electron chi connectivity index (χ1n) is 7.51. The zero-order valence-corrected chi connectivity index (χ0v) is 14.0. The van der Waals surface area contributed by atoms with Crippen LogP contribution in [0, 0.1) is 11.3 Å². The molecule has 0 bridgehead atoms. The standard InChI is InChI=1S/C16H30N2S/c1-6-7-18-14(9-15-11-17-12-19-15)8-13(2)10-16(3,4)5/h11-14,18H,6-10H2,1-5H3. The summed E-state index contributed by atoms with van der Waals surface area (Å²) in [5.41, 5.74) is 2.37. The molecule has 2 unspecified atom stereocenters. The summed E-state index contributed by atoms with van der Waals surface area (Å²) in [6.45, 7) is 12.7. The van der Waals surface area contributed by atoms with Crippen LogP contribution in [0.5, 0.6) is 0 Å². The summed E-state index contributed by atoms with van der Waals surface area (Å²) in [4.78, 5) is 5.58. The van der Waals surface area contributed by atoms with Crippen LogP contribution >= 0.6 is 11.3 Å². The number of nitrogens with zero attached hydrogens (tertiary/aromatic N) is 1. The van der Waals surface area contributed by atoms with Crippen LogP contribution in [0.4, 0.5) is 0 Å². The largest absolute Gasteiger partial charge is 0.314 e. The Kier molecular flexibility index (Phi) is 7.01. The van der Waals surface area contributed by atoms with Gasteiger partial charge in [-0.05, 0) is 43.6 Å². The number of hydrogen-bond acceptors (Lipinski definition) is 3. The lowest BCUT2D eigenvalue weighted by molar-refractivity contribution is 0.274. The zero-order chi connectivity index (χ0) is 14.3. The monoisotopic (exact) mass is 282 g/mol. The minimum atomic E-state index is 0.430. The summed E-state index contributed by atoms with van der Waals surface area (Å²) in [6.07, 6.45) is 6.89. The Balaban J connectivity index is 2.48. The molecule has 1 rings (SSSR count). The average molecular weight is 282 g/mol. The summed E-state index contributed by atoms with van der Waals surface area (Å²) >= 11 is 1.77. The van der Waals surface area contributed by atoms with Crippen molar-refractivity contribution in [3.63, 3.8) is 0 Å². The van der Waals surface area contributed by atoms with Crippen molar-refractivity contribution in [1.82, 2.24) is 10.3 Å². The lowest BCUT2D eigenvalue weighted by atomic mass is 9.82. The molecule has 1 heterocycles. The molecule has 0 fully saturated rings. The first kappa shape index (κ1) is 16.6. The molecule has 0 radical (unpaired) electrons. The lowest BCUT2D eigenvalue weighted by Gasteiger charge is -2.27. The van der Waals surface area contributed by atoms with Gasteiger partial charge in [-0.1, -0.05) is 34.6 Å². The quantitative estimate of drug-likeness (QED) is 0.758. The molecule has 2 nitrogen and oxygen atoms in total. The topological polar surface area (TPSA) is 24.9 Å². The summed E-state index contributed by atoms with van der Waals surface area (Å²) in [5, 5.41) is 3.70. The van der Waals surface area contributed by atoms with Gasteiger partial charge in [0, 0.05) is 17.1 Å². The van der Waals surface area contributed by atoms with E-state index >= 15 is 0 Å². The van der Waals surface area contributed by atoms with Crippen molar-refractivity contribution in [2.24, 2.45) is 11.3 Å². The summed E-state index contributed by atoms with van der Waals surface area (Å²) in [6, 6.07) is 0.595. The van der Waals surface area contributed by atoms with Crippen molar-refractivity contribution in [1.29, 1.82) is 0 Å². The third-order valence-corrected chi connectivity index (χ3v) is 4.06. The number of rotatable bonds is 8. The van der Waals surface area contributed by atoms with Crippen molar-refractivity contribution in [3.8, 4) is 0 Å². The summed E-state index contributed by atoms with van der Waals surface area (Å²) in [5.74, 6) is 0.766. The molecule has 1 aromatic heterocycles. The van der Waals surface area contributed by atoms with Gasteiger partial charge in [0.15, 0.2) is 0 Å². The molecule has 0 aliphatic carbocycles. The van der Waals surface area contributed by atoms with Gasteiger partial charge in [0.2, 0.25) is 0 Å². The lowest BCUT2D eigenvalue weighted by Crippen LogP contribution is -2.33. The highest BCUT2D eigenvalue weighted by Gasteiger charge is 2.19.